The standard InChI is InChI=1S/C27H22N6O7S/c1-12-14-5-6-17(16(14)4-3-15(12)25(37)38)30-23(35)19-9-20(33-26(31-19)32-40-27(33)41)24(36)28-10-13-2-7-21-18(8-13)29-22(34)11-39-21/h2-4,7-9,17H,5-6,10-11H2,1H3,(H,28,36)(H,29,34)(H,30,35)(H,37,38)/t17-/m0/s1. The second kappa shape index (κ2) is 10.1. The zero-order valence-electron chi connectivity index (χ0n) is 21.5. The van der Waals surface area contributed by atoms with E-state index in [0.29, 0.717) is 35.4 Å². The lowest BCUT2D eigenvalue weighted by atomic mass is 9.98. The smallest absolute Gasteiger partial charge is 0.335 e. The summed E-state index contributed by atoms with van der Waals surface area (Å²) < 4.78 is 11.6. The van der Waals surface area contributed by atoms with Gasteiger partial charge in [0.1, 0.15) is 17.1 Å². The molecule has 0 radical (unpaired) electrons. The maximum atomic E-state index is 13.3. The first-order chi connectivity index (χ1) is 19.7. The highest BCUT2D eigenvalue weighted by atomic mass is 32.1. The van der Waals surface area contributed by atoms with Gasteiger partial charge in [0.25, 0.3) is 23.5 Å². The largest absolute Gasteiger partial charge is 0.482 e. The van der Waals surface area contributed by atoms with Crippen molar-refractivity contribution in [2.45, 2.75) is 32.4 Å². The normalized spacial score (nSPS) is 15.4. The number of benzene rings is 2. The average Bonchev–Trinajstić information content (AvgIpc) is 3.54. The lowest BCUT2D eigenvalue weighted by molar-refractivity contribution is -0.118. The lowest BCUT2D eigenvalue weighted by Gasteiger charge is -2.18. The summed E-state index contributed by atoms with van der Waals surface area (Å²) in [6.45, 7) is 1.80. The highest BCUT2D eigenvalue weighted by Gasteiger charge is 2.29. The minimum Gasteiger partial charge on any atom is -0.482 e. The number of carbonyl (C=O) groups is 4. The van der Waals surface area contributed by atoms with E-state index in [-0.39, 0.29) is 52.7 Å². The Morgan fingerprint density at radius 1 is 1.20 bits per heavy atom. The number of fused-ring (bicyclic) bond motifs is 3. The van der Waals surface area contributed by atoms with Gasteiger partial charge in [0.2, 0.25) is 0 Å². The molecule has 14 heteroatoms. The van der Waals surface area contributed by atoms with Crippen LogP contribution in [0.2, 0.25) is 0 Å². The predicted octanol–water partition coefficient (Wildman–Crippen LogP) is 2.74. The predicted molar refractivity (Wildman–Crippen MR) is 144 cm³/mol. The first-order valence-electron chi connectivity index (χ1n) is 12.6. The quantitative estimate of drug-likeness (QED) is 0.250. The van der Waals surface area contributed by atoms with Crippen LogP contribution in [0.1, 0.15) is 66.1 Å². The Hall–Kier alpha value is -5.11. The van der Waals surface area contributed by atoms with Crippen molar-refractivity contribution in [3.05, 3.63) is 80.4 Å². The zero-order chi connectivity index (χ0) is 28.8. The number of carboxylic acid groups (broad SMARTS) is 1. The van der Waals surface area contributed by atoms with Crippen molar-refractivity contribution in [3.63, 3.8) is 0 Å². The van der Waals surface area contributed by atoms with Crippen LogP contribution in [0.3, 0.4) is 0 Å². The molecule has 0 spiro atoms. The maximum Gasteiger partial charge on any atom is 0.335 e. The Morgan fingerprint density at radius 3 is 2.83 bits per heavy atom. The molecule has 2 aromatic heterocycles. The number of carbonyl (C=O) groups excluding carboxylic acids is 3. The molecule has 6 rings (SSSR count). The Labute approximate surface area is 236 Å². The van der Waals surface area contributed by atoms with E-state index in [1.807, 2.05) is 0 Å². The van der Waals surface area contributed by atoms with E-state index in [4.69, 9.17) is 21.5 Å². The number of nitrogens with zero attached hydrogens (tertiary/aromatic N) is 3. The Kier molecular flexibility index (Phi) is 6.46. The van der Waals surface area contributed by atoms with E-state index in [9.17, 15) is 24.3 Å². The van der Waals surface area contributed by atoms with Crippen molar-refractivity contribution in [2.75, 3.05) is 11.9 Å². The molecule has 2 aromatic carbocycles. The van der Waals surface area contributed by atoms with Crippen molar-refractivity contribution in [3.8, 4) is 5.75 Å². The fraction of sp³-hybridized carbons (Fsp3) is 0.222. The number of rotatable bonds is 6. The van der Waals surface area contributed by atoms with Gasteiger partial charge in [-0.1, -0.05) is 12.1 Å². The molecular formula is C27H22N6O7S. The second-order valence-electron chi connectivity index (χ2n) is 9.64. The number of ether oxygens (including phenoxy) is 1. The molecule has 0 bridgehead atoms. The van der Waals surface area contributed by atoms with E-state index in [0.717, 1.165) is 11.1 Å². The van der Waals surface area contributed by atoms with Crippen molar-refractivity contribution >= 4 is 47.4 Å². The van der Waals surface area contributed by atoms with Crippen LogP contribution in [0.4, 0.5) is 5.69 Å². The van der Waals surface area contributed by atoms with Gasteiger partial charge in [0.15, 0.2) is 6.61 Å². The Morgan fingerprint density at radius 2 is 2.02 bits per heavy atom. The second-order valence-corrected chi connectivity index (χ2v) is 9.99. The van der Waals surface area contributed by atoms with Gasteiger partial charge in [-0.05, 0) is 83.7 Å². The summed E-state index contributed by atoms with van der Waals surface area (Å²) in [6.07, 6.45) is 1.20. The van der Waals surface area contributed by atoms with Crippen LogP contribution in [0.25, 0.3) is 5.78 Å². The first-order valence-corrected chi connectivity index (χ1v) is 13.0. The zero-order valence-corrected chi connectivity index (χ0v) is 22.3. The third-order valence-electron chi connectivity index (χ3n) is 7.15. The topological polar surface area (TPSA) is 177 Å². The average molecular weight is 575 g/mol. The molecule has 4 N–H and O–H groups in total. The maximum absolute atomic E-state index is 13.3. The molecule has 4 aromatic rings. The third-order valence-corrected chi connectivity index (χ3v) is 7.40. The van der Waals surface area contributed by atoms with Gasteiger partial charge < -0.3 is 30.3 Å². The molecule has 1 aliphatic heterocycles. The van der Waals surface area contributed by atoms with Gasteiger partial charge in [-0.15, -0.1) is 0 Å². The molecule has 0 saturated carbocycles. The van der Waals surface area contributed by atoms with Gasteiger partial charge in [-0.2, -0.15) is 0 Å². The Balaban J connectivity index is 1.24. The SMILES string of the molecule is Cc1c(C(=O)O)ccc2c1CC[C@@H]2NC(=O)c1cc(C(=O)NCc2ccc3c(c2)NC(=O)CO3)n2c(=S)onc2n1. The summed E-state index contributed by atoms with van der Waals surface area (Å²) in [5.74, 6) is -1.91. The summed E-state index contributed by atoms with van der Waals surface area (Å²) in [5.41, 5.74) is 3.77. The van der Waals surface area contributed by atoms with Crippen molar-refractivity contribution < 1.29 is 33.5 Å². The van der Waals surface area contributed by atoms with E-state index >= 15 is 0 Å². The molecular weight excluding hydrogens is 552 g/mol. The van der Waals surface area contributed by atoms with Crippen LogP contribution < -0.4 is 20.7 Å². The van der Waals surface area contributed by atoms with Crippen molar-refractivity contribution in [1.82, 2.24) is 25.2 Å². The summed E-state index contributed by atoms with van der Waals surface area (Å²) in [6, 6.07) is 9.35. The first kappa shape index (κ1) is 26.1. The lowest BCUT2D eigenvalue weighted by Crippen LogP contribution is -2.30. The van der Waals surface area contributed by atoms with Crippen molar-refractivity contribution in [2.24, 2.45) is 0 Å². The molecule has 208 valence electrons. The minimum absolute atomic E-state index is 0.00485. The number of aromatic carboxylic acids is 1. The Bertz CT molecular complexity index is 1850. The van der Waals surface area contributed by atoms with E-state index in [1.165, 1.54) is 16.5 Å². The molecule has 0 saturated heterocycles. The van der Waals surface area contributed by atoms with Crippen LogP contribution in [-0.2, 0) is 17.8 Å². The molecule has 41 heavy (non-hydrogen) atoms. The molecule has 2 aliphatic rings. The van der Waals surface area contributed by atoms with Crippen LogP contribution in [0, 0.1) is 11.8 Å². The van der Waals surface area contributed by atoms with Crippen LogP contribution in [0.15, 0.2) is 40.9 Å². The fourth-order valence-electron chi connectivity index (χ4n) is 5.14. The fourth-order valence-corrected chi connectivity index (χ4v) is 5.36. The molecule has 13 nitrogen and oxygen atoms in total. The van der Waals surface area contributed by atoms with E-state index in [1.54, 1.807) is 31.2 Å². The van der Waals surface area contributed by atoms with Crippen LogP contribution in [-0.4, -0.2) is 49.9 Å². The molecule has 3 amide bonds. The molecule has 0 fully saturated rings. The van der Waals surface area contributed by atoms with Gasteiger partial charge in [0.05, 0.1) is 17.3 Å². The summed E-state index contributed by atoms with van der Waals surface area (Å²) in [5, 5.41) is 21.6. The van der Waals surface area contributed by atoms with E-state index in [2.05, 4.69) is 26.1 Å². The molecule has 0 unspecified atom stereocenters. The molecule has 1 atom stereocenters. The molecule has 3 heterocycles. The number of aromatic nitrogens is 3. The van der Waals surface area contributed by atoms with Gasteiger partial charge in [0, 0.05) is 6.54 Å². The number of hydrogen-bond donors (Lipinski definition) is 4. The van der Waals surface area contributed by atoms with Gasteiger partial charge in [-0.3, -0.25) is 14.4 Å². The van der Waals surface area contributed by atoms with E-state index < -0.39 is 17.8 Å². The number of carboxylic acids is 1. The van der Waals surface area contributed by atoms with Crippen molar-refractivity contribution in [1.29, 1.82) is 0 Å². The molecule has 1 aliphatic carbocycles. The minimum atomic E-state index is -1.00. The van der Waals surface area contributed by atoms with Crippen LogP contribution >= 0.6 is 12.2 Å². The van der Waals surface area contributed by atoms with Crippen LogP contribution in [0.5, 0.6) is 5.75 Å². The van der Waals surface area contributed by atoms with Gasteiger partial charge >= 0.3 is 10.8 Å². The monoisotopic (exact) mass is 574 g/mol. The summed E-state index contributed by atoms with van der Waals surface area (Å²) >= 11 is 5.18. The number of hydrogen-bond acceptors (Lipinski definition) is 9. The number of nitrogens with one attached hydrogen (secondary N) is 3. The third kappa shape index (κ3) is 4.78. The number of amides is 3. The number of anilines is 1. The van der Waals surface area contributed by atoms with Gasteiger partial charge in [-0.25, -0.2) is 14.2 Å². The highest BCUT2D eigenvalue weighted by Crippen LogP contribution is 2.35. The summed E-state index contributed by atoms with van der Waals surface area (Å²) in [4.78, 5) is 53.8. The highest BCUT2D eigenvalue weighted by molar-refractivity contribution is 7.71. The summed E-state index contributed by atoms with van der Waals surface area (Å²) in [7, 11) is 0.